The summed E-state index contributed by atoms with van der Waals surface area (Å²) in [6.07, 6.45) is 12.7. The topological polar surface area (TPSA) is 85.8 Å². The van der Waals surface area contributed by atoms with Crippen LogP contribution in [-0.2, 0) is 13.1 Å². The van der Waals surface area contributed by atoms with Gasteiger partial charge in [0.15, 0.2) is 0 Å². The lowest BCUT2D eigenvalue weighted by Crippen LogP contribution is -2.27. The summed E-state index contributed by atoms with van der Waals surface area (Å²) in [5, 5.41) is 16.0. The van der Waals surface area contributed by atoms with Crippen LogP contribution in [0.5, 0.6) is 0 Å². The van der Waals surface area contributed by atoms with Gasteiger partial charge in [-0.25, -0.2) is 14.3 Å². The minimum Gasteiger partial charge on any atom is -0.377 e. The van der Waals surface area contributed by atoms with Gasteiger partial charge in [-0.2, -0.15) is 10.2 Å². The molecule has 2 aliphatic heterocycles. The van der Waals surface area contributed by atoms with E-state index in [0.29, 0.717) is 11.7 Å². The summed E-state index contributed by atoms with van der Waals surface area (Å²) < 4.78 is 5.71. The first-order valence-corrected chi connectivity index (χ1v) is 13.8. The quantitative estimate of drug-likeness (QED) is 0.292. The van der Waals surface area contributed by atoms with Gasteiger partial charge in [0.05, 0.1) is 36.0 Å². The van der Waals surface area contributed by atoms with Crippen LogP contribution in [0, 0.1) is 6.92 Å². The average Bonchev–Trinajstić information content (AvgIpc) is 3.61. The summed E-state index contributed by atoms with van der Waals surface area (Å²) in [5.74, 6) is 0. The number of pyridine rings is 2. The molecule has 1 N–H and O–H groups in total. The Labute approximate surface area is 236 Å². The van der Waals surface area contributed by atoms with Crippen LogP contribution >= 0.6 is 11.6 Å². The number of nitrogens with zero attached hydrogens (tertiary/aromatic N) is 7. The summed E-state index contributed by atoms with van der Waals surface area (Å²) in [5.41, 5.74) is 6.51. The summed E-state index contributed by atoms with van der Waals surface area (Å²) in [6.45, 7) is 6.44. The molecule has 202 valence electrons. The number of anilines is 1. The van der Waals surface area contributed by atoms with Crippen molar-refractivity contribution in [1.29, 1.82) is 0 Å². The fourth-order valence-corrected chi connectivity index (χ4v) is 6.10. The third kappa shape index (κ3) is 4.00. The predicted molar refractivity (Wildman–Crippen MR) is 159 cm³/mol. The molecule has 1 unspecified atom stereocenters. The van der Waals surface area contributed by atoms with Crippen molar-refractivity contribution in [3.8, 4) is 11.3 Å². The molecule has 0 spiro atoms. The van der Waals surface area contributed by atoms with E-state index in [1.165, 1.54) is 0 Å². The van der Waals surface area contributed by atoms with E-state index >= 15 is 0 Å². The van der Waals surface area contributed by atoms with Gasteiger partial charge in [0.1, 0.15) is 10.8 Å². The third-order valence-corrected chi connectivity index (χ3v) is 7.98. The lowest BCUT2D eigenvalue weighted by atomic mass is 9.95. The number of halogens is 1. The minimum absolute atomic E-state index is 0.0415. The minimum atomic E-state index is -0.135. The van der Waals surface area contributed by atoms with E-state index < -0.39 is 0 Å². The van der Waals surface area contributed by atoms with Gasteiger partial charge >= 0.3 is 0 Å². The van der Waals surface area contributed by atoms with Crippen LogP contribution in [0.4, 0.5) is 5.69 Å². The molecule has 9 nitrogen and oxygen atoms in total. The van der Waals surface area contributed by atoms with Crippen molar-refractivity contribution < 1.29 is 0 Å². The fourth-order valence-electron chi connectivity index (χ4n) is 5.95. The Bertz CT molecular complexity index is 1930. The second-order valence-electron chi connectivity index (χ2n) is 10.7. The molecule has 40 heavy (non-hydrogen) atoms. The predicted octanol–water partition coefficient (Wildman–Crippen LogP) is 5.45. The summed E-state index contributed by atoms with van der Waals surface area (Å²) in [4.78, 5) is 20.4. The number of hydrogen-bond acceptors (Lipinski definition) is 6. The van der Waals surface area contributed by atoms with Crippen molar-refractivity contribution in [3.05, 3.63) is 87.8 Å². The van der Waals surface area contributed by atoms with Crippen molar-refractivity contribution in [3.63, 3.8) is 0 Å². The molecular weight excluding hydrogens is 524 g/mol. The first kappa shape index (κ1) is 24.7. The normalized spacial score (nSPS) is 15.6. The van der Waals surface area contributed by atoms with Crippen molar-refractivity contribution in [1.82, 2.24) is 34.0 Å². The molecule has 2 aliphatic rings. The highest BCUT2D eigenvalue weighted by atomic mass is 35.5. The first-order chi connectivity index (χ1) is 19.4. The summed E-state index contributed by atoms with van der Waals surface area (Å²) >= 11 is 6.37. The molecule has 1 atom stereocenters. The lowest BCUT2D eigenvalue weighted by molar-refractivity contribution is 0.485. The van der Waals surface area contributed by atoms with Gasteiger partial charge in [0.25, 0.3) is 5.56 Å². The molecule has 7 rings (SSSR count). The molecular formula is C30H29ClN8O. The van der Waals surface area contributed by atoms with Crippen molar-refractivity contribution >= 4 is 44.8 Å². The second-order valence-corrected chi connectivity index (χ2v) is 11.1. The van der Waals surface area contributed by atoms with E-state index in [4.69, 9.17) is 11.6 Å². The number of aromatic nitrogens is 6. The van der Waals surface area contributed by atoms with Crippen LogP contribution in [0.15, 0.2) is 66.0 Å². The van der Waals surface area contributed by atoms with E-state index in [9.17, 15) is 4.79 Å². The Morgan fingerprint density at radius 1 is 1.10 bits per heavy atom. The van der Waals surface area contributed by atoms with Gasteiger partial charge in [-0.15, -0.1) is 0 Å². The van der Waals surface area contributed by atoms with Crippen LogP contribution in [-0.4, -0.2) is 47.6 Å². The Morgan fingerprint density at radius 2 is 1.98 bits per heavy atom. The van der Waals surface area contributed by atoms with Gasteiger partial charge < -0.3 is 10.2 Å². The molecule has 0 saturated heterocycles. The highest BCUT2D eigenvalue weighted by molar-refractivity contribution is 6.29. The maximum absolute atomic E-state index is 13.6. The number of aryl methyl sites for hydroxylation is 3. The van der Waals surface area contributed by atoms with Gasteiger partial charge in [0, 0.05) is 54.1 Å². The maximum Gasteiger partial charge on any atom is 0.260 e. The standard InChI is InChI=1S/C30H29ClN8O/c1-18-12-22(27-23(13-18)30(40)37-10-5-11-38-29(37)24(27)15-33-38)19(2)34-25-7-8-26(31)35-28(25)20-14-32-39(16-20)21-6-4-9-36(3)17-21/h4,6-9,12-16,19,34H,5,10-11,17H2,1-3H3. The van der Waals surface area contributed by atoms with Crippen LogP contribution in [0.3, 0.4) is 0 Å². The summed E-state index contributed by atoms with van der Waals surface area (Å²) in [7, 11) is 2.03. The fraction of sp³-hybridized carbons (Fsp3) is 0.267. The molecule has 0 aliphatic carbocycles. The molecule has 5 aromatic rings. The summed E-state index contributed by atoms with van der Waals surface area (Å²) in [6, 6.07) is 7.76. The second kappa shape index (κ2) is 9.38. The Hall–Kier alpha value is -4.37. The zero-order valence-corrected chi connectivity index (χ0v) is 23.4. The highest BCUT2D eigenvalue weighted by Crippen LogP contribution is 2.36. The molecule has 6 heterocycles. The van der Waals surface area contributed by atoms with E-state index in [-0.39, 0.29) is 11.6 Å². The van der Waals surface area contributed by atoms with Gasteiger partial charge in [-0.1, -0.05) is 17.7 Å². The first-order valence-electron chi connectivity index (χ1n) is 13.5. The van der Waals surface area contributed by atoms with Crippen LogP contribution < -0.4 is 10.9 Å². The molecule has 4 aromatic heterocycles. The van der Waals surface area contributed by atoms with E-state index in [1.54, 1.807) is 6.07 Å². The number of rotatable bonds is 5. The van der Waals surface area contributed by atoms with Crippen LogP contribution in [0.1, 0.15) is 30.5 Å². The molecule has 1 aromatic carbocycles. The number of nitrogens with one attached hydrogen (secondary N) is 1. The van der Waals surface area contributed by atoms with Gasteiger partial charge in [-0.05, 0) is 67.9 Å². The van der Waals surface area contributed by atoms with Gasteiger partial charge in [-0.3, -0.25) is 9.36 Å². The number of fused-ring (bicyclic) bond motifs is 2. The molecule has 0 bridgehead atoms. The Balaban J connectivity index is 1.31. The van der Waals surface area contributed by atoms with Gasteiger partial charge in [0.2, 0.25) is 0 Å². The SMILES string of the molecule is Cc1cc(C(C)Nc2ccc(Cl)nc2-c2cnn(C3=CC=CN(C)C3)c2)c2c(c1)c(=O)n1c3c2cnn3CCC1. The highest BCUT2D eigenvalue weighted by Gasteiger charge is 2.23. The molecule has 0 saturated carbocycles. The van der Waals surface area contributed by atoms with Crippen LogP contribution in [0.2, 0.25) is 5.15 Å². The molecule has 10 heteroatoms. The van der Waals surface area contributed by atoms with E-state index in [1.807, 2.05) is 70.9 Å². The molecule has 0 radical (unpaired) electrons. The monoisotopic (exact) mass is 552 g/mol. The van der Waals surface area contributed by atoms with Crippen molar-refractivity contribution in [2.75, 3.05) is 18.9 Å². The molecule has 0 fully saturated rings. The zero-order valence-electron chi connectivity index (χ0n) is 22.6. The Morgan fingerprint density at radius 3 is 2.83 bits per heavy atom. The number of benzene rings is 1. The van der Waals surface area contributed by atoms with E-state index in [0.717, 1.165) is 75.1 Å². The average molecular weight is 553 g/mol. The number of likely N-dealkylation sites (N-methyl/N-ethyl adjacent to an activating group) is 1. The third-order valence-electron chi connectivity index (χ3n) is 7.77. The number of allylic oxidation sites excluding steroid dienone is 2. The maximum atomic E-state index is 13.6. The number of hydrogen-bond donors (Lipinski definition) is 1. The lowest BCUT2D eigenvalue weighted by Gasteiger charge is -2.22. The largest absolute Gasteiger partial charge is 0.377 e. The molecule has 0 amide bonds. The zero-order chi connectivity index (χ0) is 27.5. The smallest absolute Gasteiger partial charge is 0.260 e. The van der Waals surface area contributed by atoms with Crippen LogP contribution in [0.25, 0.3) is 38.8 Å². The van der Waals surface area contributed by atoms with Crippen molar-refractivity contribution in [2.45, 2.75) is 39.4 Å². The van der Waals surface area contributed by atoms with Crippen molar-refractivity contribution in [2.24, 2.45) is 0 Å². The Kier molecular flexibility index (Phi) is 5.78. The van der Waals surface area contributed by atoms with E-state index in [2.05, 4.69) is 44.5 Å².